The highest BCUT2D eigenvalue weighted by Crippen LogP contribution is 2.24. The number of aliphatic hydroxyl groups excluding tert-OH is 1. The van der Waals surface area contributed by atoms with E-state index in [0.29, 0.717) is 70.0 Å². The van der Waals surface area contributed by atoms with Crippen LogP contribution in [0.25, 0.3) is 10.8 Å². The summed E-state index contributed by atoms with van der Waals surface area (Å²) in [7, 11) is 0. The van der Waals surface area contributed by atoms with E-state index in [-0.39, 0.29) is 120 Å². The molecule has 0 saturated carbocycles. The summed E-state index contributed by atoms with van der Waals surface area (Å²) >= 11 is 6.29. The Kier molecular flexibility index (Phi) is 36.5. The molecule has 1 saturated heterocycles. The highest BCUT2D eigenvalue weighted by molar-refractivity contribution is 6.30. The Hall–Kier alpha value is -13.7. The van der Waals surface area contributed by atoms with E-state index in [0.717, 1.165) is 10.8 Å². The minimum Gasteiger partial charge on any atom is -0.394 e. The summed E-state index contributed by atoms with van der Waals surface area (Å²) in [5.41, 5.74) is 19.8. The van der Waals surface area contributed by atoms with Gasteiger partial charge in [0.05, 0.1) is 6.61 Å². The quantitative estimate of drug-likeness (QED) is 0.0242. The number of hydrogen-bond donors (Lipinski definition) is 20. The largest absolute Gasteiger partial charge is 0.394 e. The number of carbonyl (C=O) groups is 13. The number of amides is 13. The molecule has 1 aliphatic rings. The van der Waals surface area contributed by atoms with E-state index in [1.165, 1.54) is 43.3 Å². The van der Waals surface area contributed by atoms with E-state index >= 15 is 28.8 Å². The number of hydrogen-bond acceptors (Lipinski definition) is 24. The molecule has 672 valence electrons. The summed E-state index contributed by atoms with van der Waals surface area (Å²) in [4.78, 5) is 199. The van der Waals surface area contributed by atoms with Crippen molar-refractivity contribution in [3.05, 3.63) is 173 Å². The summed E-state index contributed by atoms with van der Waals surface area (Å²) in [6, 6.07) is 21.2. The van der Waals surface area contributed by atoms with Crippen molar-refractivity contribution in [2.24, 2.45) is 11.7 Å². The molecular formula is C86H112ClN25O14. The number of aliphatic hydroxyl groups is 1. The average Bonchev–Trinajstić information content (AvgIpc) is 1.63. The van der Waals surface area contributed by atoms with Crippen LogP contribution in [-0.4, -0.2) is 221 Å². The molecule has 3 aromatic heterocycles. The molecule has 0 radical (unpaired) electrons. The molecule has 39 nitrogen and oxygen atoms in total. The SMILES string of the molecule is CC(=O)N[C@H](Cc1ccc2ccccc2c1)C(=O)N[C@H](Cc1ccc(Cl)cc1)C(=O)N[C@H](Cc1cccnc1)C(=O)N[C@@H](CO)C(=O)N[C@@H](Cc1ccc(NC(=O)CCNc2n[nH]c(N)n2)cc1)C(=O)N[C@H](Cc1ccc(NC(=O)CCNc2n[nH]c(N)n2)cc1)C(=O)N[C@@H](CC(C)C)C(=O)N[C@@H](CCCCNC(C)C)C(=O)N1CCC[C@H]1C(=O)N[C@H](C)C(N)=O. The predicted molar refractivity (Wildman–Crippen MR) is 472 cm³/mol. The lowest BCUT2D eigenvalue weighted by Gasteiger charge is -2.31. The van der Waals surface area contributed by atoms with Crippen LogP contribution < -0.4 is 91.6 Å². The number of primary amides is 1. The van der Waals surface area contributed by atoms with Crippen LogP contribution in [0.3, 0.4) is 0 Å². The summed E-state index contributed by atoms with van der Waals surface area (Å²) in [6.45, 7) is 10.1. The van der Waals surface area contributed by atoms with E-state index in [4.69, 9.17) is 28.8 Å². The lowest BCUT2D eigenvalue weighted by Crippen LogP contribution is -2.62. The molecule has 13 amide bonds. The number of nitrogens with two attached hydrogens (primary N) is 3. The van der Waals surface area contributed by atoms with Gasteiger partial charge >= 0.3 is 0 Å². The number of fused-ring (bicyclic) bond motifs is 1. The first kappa shape index (κ1) is 96.1. The maximum absolute atomic E-state index is 15.6. The van der Waals surface area contributed by atoms with Gasteiger partial charge in [0.15, 0.2) is 0 Å². The Morgan fingerprint density at radius 2 is 0.960 bits per heavy atom. The lowest BCUT2D eigenvalue weighted by atomic mass is 9.99. The van der Waals surface area contributed by atoms with Crippen LogP contribution in [0.15, 0.2) is 140 Å². The predicted octanol–water partition coefficient (Wildman–Crippen LogP) is 1.77. The fourth-order valence-corrected chi connectivity index (χ4v) is 14.1. The molecule has 0 bridgehead atoms. The average molecular weight is 1760 g/mol. The minimum atomic E-state index is -1.91. The summed E-state index contributed by atoms with van der Waals surface area (Å²) < 4.78 is 0. The van der Waals surface area contributed by atoms with Gasteiger partial charge in [-0.15, -0.1) is 10.2 Å². The summed E-state index contributed by atoms with van der Waals surface area (Å²) in [5.74, 6) is -9.73. The number of aromatic nitrogens is 7. The van der Waals surface area contributed by atoms with Crippen molar-refractivity contribution in [3.63, 3.8) is 0 Å². The normalized spacial score (nSPS) is 14.6. The third kappa shape index (κ3) is 31.0. The molecule has 1 aliphatic heterocycles. The number of aromatic amines is 2. The molecule has 4 heterocycles. The molecule has 40 heteroatoms. The van der Waals surface area contributed by atoms with E-state index in [2.05, 4.69) is 110 Å². The smallest absolute Gasteiger partial charge is 0.245 e. The Morgan fingerprint density at radius 3 is 1.43 bits per heavy atom. The standard InChI is InChI=1S/C86H112ClN25O14/c1-48(2)39-63(74(118)99-62(16-9-10-35-92-49(3)4)82(126)112-38-12-17-70(112)81(125)95-50(5)73(88)117)100-76(120)66(42-53-21-28-60(29-22-53)97-71(115)32-36-93-85-106-83(89)108-110-85)102-78(122)67(43-54-23-30-61(31-24-54)98-72(116)33-37-94-86-107-84(90)109-111-86)104-80(124)69(47-113)105-79(123)68(45-56-13-11-34-91-46-56)103-77(121)65(41-52-19-26-59(87)27-20-52)101-75(119)64(96-51(6)114)44-55-18-25-57-14-7-8-15-58(57)40-55/h7-8,11,13-15,18-31,34,40,46,48-50,62-70,92,113H,9-10,12,16-17,32-33,35-39,41-45,47H2,1-6H3,(H2,88,117)(H,95,125)(H,96,114)(H,97,115)(H,98,116)(H,99,118)(H,100,120)(H,101,119)(H,102,122)(H,103,121)(H,104,124)(H,105,123)(H4,89,93,106,108,110)(H4,90,94,107,109,111)/t50-,62+,63+,64-,65-,66-,67+,68-,69+,70+/m1/s1. The second kappa shape index (κ2) is 47.8. The first-order valence-corrected chi connectivity index (χ1v) is 42.1. The number of H-pyrrole nitrogens is 2. The van der Waals surface area contributed by atoms with Crippen molar-refractivity contribution in [3.8, 4) is 0 Å². The molecule has 8 aromatic rings. The van der Waals surface area contributed by atoms with Crippen LogP contribution in [0, 0.1) is 5.92 Å². The number of benzene rings is 5. The van der Waals surface area contributed by atoms with Crippen LogP contribution in [0.1, 0.15) is 121 Å². The van der Waals surface area contributed by atoms with Crippen molar-refractivity contribution in [2.45, 2.75) is 191 Å². The first-order valence-electron chi connectivity index (χ1n) is 41.7. The monoisotopic (exact) mass is 1750 g/mol. The highest BCUT2D eigenvalue weighted by atomic mass is 35.5. The van der Waals surface area contributed by atoms with E-state index in [1.54, 1.807) is 86.6 Å². The van der Waals surface area contributed by atoms with Gasteiger partial charge in [-0.2, -0.15) is 9.97 Å². The molecule has 23 N–H and O–H groups in total. The third-order valence-electron chi connectivity index (χ3n) is 20.5. The second-order valence-electron chi connectivity index (χ2n) is 31.5. The Labute approximate surface area is 732 Å². The zero-order valence-electron chi connectivity index (χ0n) is 71.0. The van der Waals surface area contributed by atoms with Crippen molar-refractivity contribution in [1.82, 2.24) is 93.4 Å². The van der Waals surface area contributed by atoms with E-state index < -0.39 is 144 Å². The molecule has 1 fully saturated rings. The highest BCUT2D eigenvalue weighted by Gasteiger charge is 2.41. The number of likely N-dealkylation sites (tertiary alicyclic amines) is 1. The van der Waals surface area contributed by atoms with Gasteiger partial charge in [-0.3, -0.25) is 67.3 Å². The minimum absolute atomic E-state index is 0.00915. The van der Waals surface area contributed by atoms with E-state index in [1.807, 2.05) is 56.3 Å². The molecule has 0 unspecified atom stereocenters. The Balaban J connectivity index is 1.01. The summed E-state index contributed by atoms with van der Waals surface area (Å²) in [5, 5.41) is 65.5. The molecule has 126 heavy (non-hydrogen) atoms. The topological polar surface area (TPSA) is 588 Å². The number of halogens is 1. The fraction of sp³-hybridized carbons (Fsp3) is 0.419. The number of unbranched alkanes of at least 4 members (excludes halogenated alkanes) is 1. The van der Waals surface area contributed by atoms with Crippen LogP contribution in [0.2, 0.25) is 5.02 Å². The van der Waals surface area contributed by atoms with Crippen molar-refractivity contribution in [1.29, 1.82) is 0 Å². The van der Waals surface area contributed by atoms with Crippen LogP contribution in [0.5, 0.6) is 0 Å². The second-order valence-corrected chi connectivity index (χ2v) is 32.0. The van der Waals surface area contributed by atoms with Crippen LogP contribution in [0.4, 0.5) is 35.2 Å². The molecule has 10 atom stereocenters. The van der Waals surface area contributed by atoms with Gasteiger partial charge in [0.25, 0.3) is 0 Å². The van der Waals surface area contributed by atoms with Gasteiger partial charge in [0, 0.05) is 106 Å². The fourth-order valence-electron chi connectivity index (χ4n) is 14.0. The maximum atomic E-state index is 15.6. The zero-order chi connectivity index (χ0) is 90.9. The van der Waals surface area contributed by atoms with Gasteiger partial charge in [-0.1, -0.05) is 124 Å². The third-order valence-corrected chi connectivity index (χ3v) is 20.7. The molecular weight excluding hydrogens is 1640 g/mol. The van der Waals surface area contributed by atoms with Crippen LogP contribution >= 0.6 is 11.6 Å². The van der Waals surface area contributed by atoms with Gasteiger partial charge < -0.3 is 102 Å². The first-order chi connectivity index (χ1) is 60.3. The number of nitrogens with one attached hydrogen (secondary N) is 16. The lowest BCUT2D eigenvalue weighted by molar-refractivity contribution is -0.142. The number of carbonyl (C=O) groups excluding carboxylic acids is 13. The zero-order valence-corrected chi connectivity index (χ0v) is 71.7. The number of nitrogen functional groups attached to an aromatic ring is 2. The summed E-state index contributed by atoms with van der Waals surface area (Å²) in [6.07, 6.45) is 3.47. The maximum Gasteiger partial charge on any atom is 0.245 e. The number of nitrogens with zero attached hydrogens (tertiary/aromatic N) is 6. The molecule has 0 aliphatic carbocycles. The van der Waals surface area contributed by atoms with Crippen molar-refractivity contribution >= 4 is 134 Å². The van der Waals surface area contributed by atoms with Gasteiger partial charge in [0.2, 0.25) is 101 Å². The van der Waals surface area contributed by atoms with Gasteiger partial charge in [-0.25, -0.2) is 10.2 Å². The number of rotatable bonds is 48. The van der Waals surface area contributed by atoms with Crippen LogP contribution in [-0.2, 0) is 94.4 Å². The Morgan fingerprint density at radius 1 is 0.508 bits per heavy atom. The van der Waals surface area contributed by atoms with Crippen molar-refractivity contribution in [2.75, 3.05) is 65.5 Å². The van der Waals surface area contributed by atoms with Gasteiger partial charge in [-0.05, 0) is 139 Å². The van der Waals surface area contributed by atoms with E-state index in [9.17, 15) is 38.7 Å². The molecule has 5 aromatic carbocycles. The number of pyridine rings is 1. The van der Waals surface area contributed by atoms with Gasteiger partial charge in [0.1, 0.15) is 60.4 Å². The molecule has 0 spiro atoms. The molecule has 9 rings (SSSR count). The Bertz CT molecular complexity index is 5040. The van der Waals surface area contributed by atoms with Crippen molar-refractivity contribution < 1.29 is 67.4 Å². The number of anilines is 6.